The van der Waals surface area contributed by atoms with Gasteiger partial charge in [-0.15, -0.1) is 11.3 Å². The lowest BCUT2D eigenvalue weighted by Crippen LogP contribution is -2.09. The standard InChI is InChI=1S/C10H12N2S/c1-12(2)9-7-5-3-4-6-8(7)13-10(9)11/h3-6H,11H2,1-2H3. The van der Waals surface area contributed by atoms with Gasteiger partial charge in [-0.1, -0.05) is 18.2 Å². The van der Waals surface area contributed by atoms with Crippen molar-refractivity contribution in [3.8, 4) is 0 Å². The summed E-state index contributed by atoms with van der Waals surface area (Å²) >= 11 is 1.64. The van der Waals surface area contributed by atoms with Crippen molar-refractivity contribution in [3.05, 3.63) is 24.3 Å². The second-order valence-electron chi connectivity index (χ2n) is 3.21. The van der Waals surface area contributed by atoms with Crippen molar-refractivity contribution >= 4 is 32.1 Å². The maximum Gasteiger partial charge on any atom is 0.111 e. The van der Waals surface area contributed by atoms with Gasteiger partial charge in [0.2, 0.25) is 0 Å². The van der Waals surface area contributed by atoms with E-state index in [2.05, 4.69) is 17.0 Å². The zero-order valence-corrected chi connectivity index (χ0v) is 8.56. The van der Waals surface area contributed by atoms with Gasteiger partial charge in [0.15, 0.2) is 0 Å². The Balaban J connectivity index is 2.78. The monoisotopic (exact) mass is 192 g/mol. The minimum Gasteiger partial charge on any atom is -0.389 e. The van der Waals surface area contributed by atoms with E-state index in [9.17, 15) is 0 Å². The summed E-state index contributed by atoms with van der Waals surface area (Å²) in [5.74, 6) is 0. The van der Waals surface area contributed by atoms with Crippen LogP contribution in [0.3, 0.4) is 0 Å². The lowest BCUT2D eigenvalue weighted by molar-refractivity contribution is 1.15. The average molecular weight is 192 g/mol. The van der Waals surface area contributed by atoms with E-state index >= 15 is 0 Å². The van der Waals surface area contributed by atoms with Gasteiger partial charge < -0.3 is 10.6 Å². The second-order valence-corrected chi connectivity index (χ2v) is 4.29. The highest BCUT2D eigenvalue weighted by molar-refractivity contribution is 7.23. The minimum atomic E-state index is 0.895. The Hall–Kier alpha value is -1.22. The molecule has 0 radical (unpaired) electrons. The quantitative estimate of drug-likeness (QED) is 0.752. The third-order valence-corrected chi connectivity index (χ3v) is 3.03. The van der Waals surface area contributed by atoms with Gasteiger partial charge in [-0.05, 0) is 6.07 Å². The van der Waals surface area contributed by atoms with E-state index in [0.717, 1.165) is 10.7 Å². The van der Waals surface area contributed by atoms with Gasteiger partial charge in [-0.2, -0.15) is 0 Å². The third-order valence-electron chi connectivity index (χ3n) is 2.04. The van der Waals surface area contributed by atoms with E-state index in [1.165, 1.54) is 10.1 Å². The van der Waals surface area contributed by atoms with Gasteiger partial charge >= 0.3 is 0 Å². The summed E-state index contributed by atoms with van der Waals surface area (Å²) in [5, 5.41) is 2.14. The van der Waals surface area contributed by atoms with Crippen molar-refractivity contribution in [3.63, 3.8) is 0 Å². The van der Waals surface area contributed by atoms with Gasteiger partial charge in [0.1, 0.15) is 5.00 Å². The number of rotatable bonds is 1. The molecule has 68 valence electrons. The van der Waals surface area contributed by atoms with Crippen LogP contribution in [0.25, 0.3) is 10.1 Å². The molecule has 0 aliphatic carbocycles. The largest absolute Gasteiger partial charge is 0.389 e. The molecule has 2 N–H and O–H groups in total. The molecular formula is C10H12N2S. The fourth-order valence-electron chi connectivity index (χ4n) is 1.51. The number of fused-ring (bicyclic) bond motifs is 1. The molecule has 2 rings (SSSR count). The molecule has 0 saturated carbocycles. The van der Waals surface area contributed by atoms with Gasteiger partial charge in [0.05, 0.1) is 5.69 Å². The number of nitrogens with zero attached hydrogens (tertiary/aromatic N) is 1. The molecule has 1 aromatic heterocycles. The van der Waals surface area contributed by atoms with E-state index in [0.29, 0.717) is 0 Å². The first-order valence-corrected chi connectivity index (χ1v) is 4.96. The number of thiophene rings is 1. The van der Waals surface area contributed by atoms with Crippen LogP contribution in [0.2, 0.25) is 0 Å². The van der Waals surface area contributed by atoms with Crippen LogP contribution < -0.4 is 10.6 Å². The lowest BCUT2D eigenvalue weighted by atomic mass is 10.2. The van der Waals surface area contributed by atoms with Gasteiger partial charge in [0, 0.05) is 24.2 Å². The molecular weight excluding hydrogens is 180 g/mol. The number of anilines is 2. The minimum absolute atomic E-state index is 0.895. The smallest absolute Gasteiger partial charge is 0.111 e. The summed E-state index contributed by atoms with van der Waals surface area (Å²) in [6.07, 6.45) is 0. The SMILES string of the molecule is CN(C)c1c(N)sc2ccccc12. The summed E-state index contributed by atoms with van der Waals surface area (Å²) in [5.41, 5.74) is 7.07. The average Bonchev–Trinajstić information content (AvgIpc) is 2.39. The number of nitrogen functional groups attached to an aromatic ring is 1. The van der Waals surface area contributed by atoms with Crippen molar-refractivity contribution in [1.82, 2.24) is 0 Å². The van der Waals surface area contributed by atoms with Crippen LogP contribution in [0.15, 0.2) is 24.3 Å². The summed E-state index contributed by atoms with van der Waals surface area (Å²) in [7, 11) is 4.04. The Kier molecular flexibility index (Phi) is 1.88. The van der Waals surface area contributed by atoms with E-state index in [1.807, 2.05) is 26.2 Å². The summed E-state index contributed by atoms with van der Waals surface area (Å²) in [6.45, 7) is 0. The third kappa shape index (κ3) is 1.25. The van der Waals surface area contributed by atoms with Gasteiger partial charge in [-0.3, -0.25) is 0 Å². The Morgan fingerprint density at radius 3 is 2.62 bits per heavy atom. The molecule has 0 fully saturated rings. The molecule has 2 aromatic rings. The number of nitrogens with two attached hydrogens (primary N) is 1. The first kappa shape index (κ1) is 8.38. The Labute approximate surface area is 81.6 Å². The maximum absolute atomic E-state index is 5.93. The normalized spacial score (nSPS) is 10.6. The Bertz CT molecular complexity index is 431. The van der Waals surface area contributed by atoms with Gasteiger partial charge in [0.25, 0.3) is 0 Å². The molecule has 0 unspecified atom stereocenters. The Morgan fingerprint density at radius 2 is 1.92 bits per heavy atom. The second kappa shape index (κ2) is 2.92. The van der Waals surface area contributed by atoms with Crippen molar-refractivity contribution in [1.29, 1.82) is 0 Å². The summed E-state index contributed by atoms with van der Waals surface area (Å²) < 4.78 is 1.25. The van der Waals surface area contributed by atoms with Crippen molar-refractivity contribution < 1.29 is 0 Å². The topological polar surface area (TPSA) is 29.3 Å². The highest BCUT2D eigenvalue weighted by Gasteiger charge is 2.09. The molecule has 0 spiro atoms. The predicted octanol–water partition coefficient (Wildman–Crippen LogP) is 2.55. The van der Waals surface area contributed by atoms with Crippen LogP contribution in [-0.4, -0.2) is 14.1 Å². The van der Waals surface area contributed by atoms with E-state index in [4.69, 9.17) is 5.73 Å². The van der Waals surface area contributed by atoms with Crippen LogP contribution >= 0.6 is 11.3 Å². The maximum atomic E-state index is 5.93. The van der Waals surface area contributed by atoms with Crippen molar-refractivity contribution in [2.45, 2.75) is 0 Å². The molecule has 0 aliphatic rings. The number of benzene rings is 1. The summed E-state index contributed by atoms with van der Waals surface area (Å²) in [6, 6.07) is 8.29. The first-order chi connectivity index (χ1) is 6.20. The molecule has 0 saturated heterocycles. The number of hydrogen-bond acceptors (Lipinski definition) is 3. The van der Waals surface area contributed by atoms with E-state index in [-0.39, 0.29) is 0 Å². The van der Waals surface area contributed by atoms with Crippen LogP contribution in [-0.2, 0) is 0 Å². The molecule has 3 heteroatoms. The zero-order chi connectivity index (χ0) is 9.42. The summed E-state index contributed by atoms with van der Waals surface area (Å²) in [4.78, 5) is 2.06. The van der Waals surface area contributed by atoms with E-state index < -0.39 is 0 Å². The van der Waals surface area contributed by atoms with Gasteiger partial charge in [-0.25, -0.2) is 0 Å². The molecule has 13 heavy (non-hydrogen) atoms. The Morgan fingerprint density at radius 1 is 1.23 bits per heavy atom. The highest BCUT2D eigenvalue weighted by atomic mass is 32.1. The first-order valence-electron chi connectivity index (χ1n) is 4.14. The van der Waals surface area contributed by atoms with E-state index in [1.54, 1.807) is 11.3 Å². The van der Waals surface area contributed by atoms with Crippen LogP contribution in [0.1, 0.15) is 0 Å². The van der Waals surface area contributed by atoms with Crippen molar-refractivity contribution in [2.24, 2.45) is 0 Å². The molecule has 0 bridgehead atoms. The molecule has 1 heterocycles. The molecule has 0 aliphatic heterocycles. The van der Waals surface area contributed by atoms with Crippen LogP contribution in [0.5, 0.6) is 0 Å². The molecule has 2 nitrogen and oxygen atoms in total. The lowest BCUT2D eigenvalue weighted by Gasteiger charge is -2.11. The molecule has 0 amide bonds. The molecule has 0 atom stereocenters. The van der Waals surface area contributed by atoms with Crippen LogP contribution in [0.4, 0.5) is 10.7 Å². The fourth-order valence-corrected chi connectivity index (χ4v) is 2.56. The highest BCUT2D eigenvalue weighted by Crippen LogP contribution is 2.39. The molecule has 1 aromatic carbocycles. The predicted molar refractivity (Wildman–Crippen MR) is 60.6 cm³/mol. The van der Waals surface area contributed by atoms with Crippen LogP contribution in [0, 0.1) is 0 Å². The zero-order valence-electron chi connectivity index (χ0n) is 7.74. The van der Waals surface area contributed by atoms with Crippen molar-refractivity contribution in [2.75, 3.05) is 24.7 Å². The number of hydrogen-bond donors (Lipinski definition) is 1. The fraction of sp³-hybridized carbons (Fsp3) is 0.200.